The molecule has 0 spiro atoms. The van der Waals surface area contributed by atoms with Crippen molar-refractivity contribution in [2.75, 3.05) is 31.1 Å². The molecule has 0 bridgehead atoms. The molecule has 1 aromatic rings. The van der Waals surface area contributed by atoms with Gasteiger partial charge in [-0.3, -0.25) is 0 Å². The molecule has 4 nitrogen and oxygen atoms in total. The first-order valence-electron chi connectivity index (χ1n) is 6.53. The second-order valence-corrected chi connectivity index (χ2v) is 5.65. The van der Waals surface area contributed by atoms with Crippen molar-refractivity contribution in [3.63, 3.8) is 0 Å². The molecule has 1 heterocycles. The summed E-state index contributed by atoms with van der Waals surface area (Å²) in [5, 5.41) is 21.9. The molecule has 2 N–H and O–H groups in total. The average Bonchev–Trinajstić information content (AvgIpc) is 2.91. The molecule has 1 aliphatic rings. The van der Waals surface area contributed by atoms with Crippen LogP contribution in [0, 0.1) is 11.3 Å². The van der Waals surface area contributed by atoms with Crippen LogP contribution in [-0.2, 0) is 0 Å². The van der Waals surface area contributed by atoms with Gasteiger partial charge >= 0.3 is 0 Å². The summed E-state index contributed by atoms with van der Waals surface area (Å²) in [6.45, 7) is 2.53. The topological polar surface area (TPSA) is 59.3 Å². The van der Waals surface area contributed by atoms with Crippen LogP contribution in [0.5, 0.6) is 0 Å². The molecule has 0 aromatic heterocycles. The predicted molar refractivity (Wildman–Crippen MR) is 79.2 cm³/mol. The number of nitrogens with zero attached hydrogens (tertiary/aromatic N) is 2. The monoisotopic (exact) mass is 323 g/mol. The number of anilines is 1. The highest BCUT2D eigenvalue weighted by Gasteiger charge is 2.19. The van der Waals surface area contributed by atoms with Crippen molar-refractivity contribution in [2.45, 2.75) is 18.9 Å². The Morgan fingerprint density at radius 1 is 1.53 bits per heavy atom. The molecule has 0 aliphatic carbocycles. The predicted octanol–water partition coefficient (Wildman–Crippen LogP) is 1.87. The van der Waals surface area contributed by atoms with Gasteiger partial charge in [0.05, 0.1) is 17.9 Å². The van der Waals surface area contributed by atoms with Crippen LogP contribution < -0.4 is 10.2 Å². The average molecular weight is 324 g/mol. The maximum absolute atomic E-state index is 9.25. The first-order chi connectivity index (χ1) is 9.24. The van der Waals surface area contributed by atoms with Gasteiger partial charge in [0.1, 0.15) is 6.07 Å². The van der Waals surface area contributed by atoms with E-state index in [-0.39, 0.29) is 6.61 Å². The van der Waals surface area contributed by atoms with E-state index in [0.717, 1.165) is 29.7 Å². The minimum absolute atomic E-state index is 0.0909. The zero-order chi connectivity index (χ0) is 13.7. The lowest BCUT2D eigenvalue weighted by Crippen LogP contribution is -2.39. The smallest absolute Gasteiger partial charge is 0.101 e. The first-order valence-corrected chi connectivity index (χ1v) is 7.32. The van der Waals surface area contributed by atoms with Crippen molar-refractivity contribution < 1.29 is 5.11 Å². The zero-order valence-electron chi connectivity index (χ0n) is 10.8. The number of benzene rings is 1. The van der Waals surface area contributed by atoms with Crippen molar-refractivity contribution in [3.05, 3.63) is 28.2 Å². The highest BCUT2D eigenvalue weighted by Crippen LogP contribution is 2.24. The lowest BCUT2D eigenvalue weighted by molar-refractivity contribution is 0.300. The van der Waals surface area contributed by atoms with E-state index in [0.29, 0.717) is 18.2 Å². The van der Waals surface area contributed by atoms with Gasteiger partial charge in [0.15, 0.2) is 0 Å². The second-order valence-electron chi connectivity index (χ2n) is 4.74. The SMILES string of the molecule is N#Cc1cc(Br)ccc1N(CCO)CC1CCCN1. The van der Waals surface area contributed by atoms with Crippen LogP contribution in [0.15, 0.2) is 22.7 Å². The van der Waals surface area contributed by atoms with E-state index in [9.17, 15) is 10.4 Å². The van der Waals surface area contributed by atoms with E-state index < -0.39 is 0 Å². The first kappa shape index (κ1) is 14.3. The van der Waals surface area contributed by atoms with Crippen LogP contribution >= 0.6 is 15.9 Å². The molecular formula is C14H18BrN3O. The highest BCUT2D eigenvalue weighted by atomic mass is 79.9. The number of aliphatic hydroxyl groups excluding tert-OH is 1. The number of hydrogen-bond donors (Lipinski definition) is 2. The highest BCUT2D eigenvalue weighted by molar-refractivity contribution is 9.10. The van der Waals surface area contributed by atoms with Crippen molar-refractivity contribution in [1.82, 2.24) is 5.32 Å². The lowest BCUT2D eigenvalue weighted by Gasteiger charge is -2.28. The van der Waals surface area contributed by atoms with Gasteiger partial charge in [-0.1, -0.05) is 15.9 Å². The summed E-state index contributed by atoms with van der Waals surface area (Å²) in [4.78, 5) is 2.09. The number of rotatable bonds is 5. The minimum atomic E-state index is 0.0909. The van der Waals surface area contributed by atoms with Gasteiger partial charge in [0, 0.05) is 23.6 Å². The van der Waals surface area contributed by atoms with Gasteiger partial charge < -0.3 is 15.3 Å². The van der Waals surface area contributed by atoms with E-state index in [1.165, 1.54) is 6.42 Å². The van der Waals surface area contributed by atoms with E-state index in [4.69, 9.17) is 0 Å². The molecule has 0 radical (unpaired) electrons. The van der Waals surface area contributed by atoms with Crippen molar-refractivity contribution in [1.29, 1.82) is 5.26 Å². The summed E-state index contributed by atoms with van der Waals surface area (Å²) in [6.07, 6.45) is 2.35. The van der Waals surface area contributed by atoms with Gasteiger partial charge in [0.25, 0.3) is 0 Å². The van der Waals surface area contributed by atoms with E-state index in [2.05, 4.69) is 32.2 Å². The van der Waals surface area contributed by atoms with Crippen LogP contribution in [0.3, 0.4) is 0 Å². The van der Waals surface area contributed by atoms with Gasteiger partial charge in [-0.2, -0.15) is 5.26 Å². The van der Waals surface area contributed by atoms with E-state index in [1.54, 1.807) is 0 Å². The van der Waals surface area contributed by atoms with Crippen LogP contribution in [0.2, 0.25) is 0 Å². The van der Waals surface area contributed by atoms with Gasteiger partial charge in [-0.25, -0.2) is 0 Å². The summed E-state index contributed by atoms with van der Waals surface area (Å²) in [5.74, 6) is 0. The number of aliphatic hydroxyl groups is 1. The van der Waals surface area contributed by atoms with E-state index >= 15 is 0 Å². The quantitative estimate of drug-likeness (QED) is 0.868. The van der Waals surface area contributed by atoms with Crippen molar-refractivity contribution in [2.24, 2.45) is 0 Å². The molecule has 5 heteroatoms. The van der Waals surface area contributed by atoms with Crippen LogP contribution in [-0.4, -0.2) is 37.4 Å². The van der Waals surface area contributed by atoms with Gasteiger partial charge in [0.2, 0.25) is 0 Å². The molecule has 19 heavy (non-hydrogen) atoms. The third kappa shape index (κ3) is 3.69. The molecule has 1 aromatic carbocycles. The Bertz CT molecular complexity index is 466. The Morgan fingerprint density at radius 2 is 2.37 bits per heavy atom. The molecule has 1 saturated heterocycles. The minimum Gasteiger partial charge on any atom is -0.395 e. The Hall–Kier alpha value is -1.09. The molecule has 1 atom stereocenters. The summed E-state index contributed by atoms with van der Waals surface area (Å²) in [7, 11) is 0. The Kier molecular flexibility index (Phi) is 5.20. The number of halogens is 1. The van der Waals surface area contributed by atoms with Crippen LogP contribution in [0.1, 0.15) is 18.4 Å². The Morgan fingerprint density at radius 3 is 3.00 bits per heavy atom. The molecule has 2 rings (SSSR count). The summed E-state index contributed by atoms with van der Waals surface area (Å²) >= 11 is 3.38. The largest absolute Gasteiger partial charge is 0.395 e. The fourth-order valence-corrected chi connectivity index (χ4v) is 2.84. The molecule has 0 amide bonds. The number of hydrogen-bond acceptors (Lipinski definition) is 4. The third-order valence-electron chi connectivity index (χ3n) is 3.39. The van der Waals surface area contributed by atoms with Gasteiger partial charge in [-0.05, 0) is 37.6 Å². The molecule has 1 fully saturated rings. The summed E-state index contributed by atoms with van der Waals surface area (Å²) in [6, 6.07) is 8.36. The van der Waals surface area contributed by atoms with Crippen molar-refractivity contribution >= 4 is 21.6 Å². The summed E-state index contributed by atoms with van der Waals surface area (Å²) in [5.41, 5.74) is 1.54. The fraction of sp³-hybridized carbons (Fsp3) is 0.500. The molecule has 0 saturated carbocycles. The molecule has 1 unspecified atom stereocenters. The number of nitrogens with one attached hydrogen (secondary N) is 1. The zero-order valence-corrected chi connectivity index (χ0v) is 12.4. The Labute approximate surface area is 122 Å². The maximum Gasteiger partial charge on any atom is 0.101 e. The Balaban J connectivity index is 2.20. The standard InChI is InChI=1S/C14H18BrN3O/c15-12-3-4-14(11(8-12)9-16)18(6-7-19)10-13-2-1-5-17-13/h3-4,8,13,17,19H,1-2,5-7,10H2. The third-order valence-corrected chi connectivity index (χ3v) is 3.89. The van der Waals surface area contributed by atoms with Gasteiger partial charge in [-0.15, -0.1) is 0 Å². The molecule has 102 valence electrons. The van der Waals surface area contributed by atoms with Crippen LogP contribution in [0.4, 0.5) is 5.69 Å². The fourth-order valence-electron chi connectivity index (χ4n) is 2.48. The van der Waals surface area contributed by atoms with Crippen molar-refractivity contribution in [3.8, 4) is 6.07 Å². The van der Waals surface area contributed by atoms with E-state index in [1.807, 2.05) is 18.2 Å². The normalized spacial score (nSPS) is 18.3. The lowest BCUT2D eigenvalue weighted by atomic mass is 10.1. The molecule has 1 aliphatic heterocycles. The maximum atomic E-state index is 9.25. The number of nitriles is 1. The summed E-state index contributed by atoms with van der Waals surface area (Å²) < 4.78 is 0.899. The second kappa shape index (κ2) is 6.90. The molecular weight excluding hydrogens is 306 g/mol. The van der Waals surface area contributed by atoms with Crippen LogP contribution in [0.25, 0.3) is 0 Å².